The lowest BCUT2D eigenvalue weighted by molar-refractivity contribution is -0.158. The van der Waals surface area contributed by atoms with E-state index in [4.69, 9.17) is 14.2 Å². The van der Waals surface area contributed by atoms with Crippen molar-refractivity contribution in [3.8, 4) is 5.75 Å². The average molecular weight is 733 g/mol. The second-order valence-corrected chi connectivity index (χ2v) is 13.8. The molecule has 0 bridgehead atoms. The van der Waals surface area contributed by atoms with E-state index in [1.165, 1.54) is 7.11 Å². The van der Waals surface area contributed by atoms with Crippen LogP contribution in [-0.2, 0) is 43.3 Å². The van der Waals surface area contributed by atoms with E-state index in [0.29, 0.717) is 32.3 Å². The van der Waals surface area contributed by atoms with Crippen LogP contribution in [0.1, 0.15) is 60.5 Å². The van der Waals surface area contributed by atoms with Crippen molar-refractivity contribution in [2.24, 2.45) is 11.8 Å². The fraction of sp³-hybridized carbons (Fsp3) is 0.356. The third-order valence-electron chi connectivity index (χ3n) is 9.62. The lowest BCUT2D eigenvalue weighted by Gasteiger charge is -2.31. The normalized spacial score (nSPS) is 20.2. The maximum Gasteiger partial charge on any atom is 0.309 e. The predicted octanol–water partition coefficient (Wildman–Crippen LogP) is 6.70. The standard InChI is InChI=1S/C45H52N2O7/c1-52-32-41-43(36-19-13-6-14-20-36)54-45(51)38(27-33-15-7-4-8-16-33)22-12-3-2-11-21-37(44(50)47-41)29-42(49)46-39(30-48)28-34-23-25-40(26-24-34)53-31-35-17-9-5-10-18-35/h2,4-11,13-20,23-26,37-39,41,43,48H,3,12,21-22,27-32H2,1H3,(H,46,49)(H,47,50). The number of hydrogen-bond acceptors (Lipinski definition) is 7. The second kappa shape index (κ2) is 21.5. The molecule has 2 amide bonds. The first-order valence-corrected chi connectivity index (χ1v) is 18.8. The molecule has 1 aliphatic heterocycles. The Morgan fingerprint density at radius 1 is 0.852 bits per heavy atom. The fourth-order valence-corrected chi connectivity index (χ4v) is 6.70. The highest BCUT2D eigenvalue weighted by Crippen LogP contribution is 2.27. The summed E-state index contributed by atoms with van der Waals surface area (Å²) in [6.45, 7) is 0.276. The van der Waals surface area contributed by atoms with Crippen LogP contribution >= 0.6 is 0 Å². The van der Waals surface area contributed by atoms with Crippen molar-refractivity contribution < 1.29 is 33.7 Å². The Morgan fingerprint density at radius 3 is 2.19 bits per heavy atom. The van der Waals surface area contributed by atoms with Crippen LogP contribution in [-0.4, -0.2) is 55.3 Å². The maximum atomic E-state index is 14.0. The molecule has 3 N–H and O–H groups in total. The molecule has 0 saturated carbocycles. The molecule has 4 aromatic carbocycles. The van der Waals surface area contributed by atoms with Gasteiger partial charge < -0.3 is 30.0 Å². The van der Waals surface area contributed by atoms with Crippen molar-refractivity contribution in [1.29, 1.82) is 0 Å². The van der Waals surface area contributed by atoms with Crippen LogP contribution in [0.4, 0.5) is 0 Å². The summed E-state index contributed by atoms with van der Waals surface area (Å²) in [5, 5.41) is 16.2. The first-order chi connectivity index (χ1) is 26.4. The van der Waals surface area contributed by atoms with E-state index in [0.717, 1.165) is 40.8 Å². The molecule has 0 aliphatic carbocycles. The Labute approximate surface area is 318 Å². The van der Waals surface area contributed by atoms with Gasteiger partial charge in [0.25, 0.3) is 0 Å². The van der Waals surface area contributed by atoms with Crippen LogP contribution in [0.25, 0.3) is 0 Å². The molecule has 0 saturated heterocycles. The zero-order chi connectivity index (χ0) is 38.0. The fourth-order valence-electron chi connectivity index (χ4n) is 6.70. The number of esters is 1. The molecule has 1 heterocycles. The van der Waals surface area contributed by atoms with Crippen LogP contribution in [0.5, 0.6) is 5.75 Å². The molecule has 9 nitrogen and oxygen atoms in total. The number of hydrogen-bond donors (Lipinski definition) is 3. The van der Waals surface area contributed by atoms with Gasteiger partial charge in [0.1, 0.15) is 18.5 Å². The Kier molecular flexibility index (Phi) is 15.9. The van der Waals surface area contributed by atoms with Crippen LogP contribution in [0.2, 0.25) is 0 Å². The summed E-state index contributed by atoms with van der Waals surface area (Å²) in [5.41, 5.74) is 3.79. The summed E-state index contributed by atoms with van der Waals surface area (Å²) in [4.78, 5) is 41.4. The smallest absolute Gasteiger partial charge is 0.309 e. The zero-order valence-corrected chi connectivity index (χ0v) is 31.0. The van der Waals surface area contributed by atoms with E-state index in [9.17, 15) is 19.5 Å². The summed E-state index contributed by atoms with van der Waals surface area (Å²) in [6, 6.07) is 35.5. The summed E-state index contributed by atoms with van der Waals surface area (Å²) in [6.07, 6.45) is 6.46. The third-order valence-corrected chi connectivity index (χ3v) is 9.62. The van der Waals surface area contributed by atoms with Crippen LogP contribution in [0.15, 0.2) is 127 Å². The van der Waals surface area contributed by atoms with Gasteiger partial charge in [-0.2, -0.15) is 0 Å². The van der Waals surface area contributed by atoms with Gasteiger partial charge >= 0.3 is 5.97 Å². The summed E-state index contributed by atoms with van der Waals surface area (Å²) < 4.78 is 17.7. The van der Waals surface area contributed by atoms with Gasteiger partial charge in [-0.1, -0.05) is 115 Å². The number of carbonyl (C=O) groups excluding carboxylic acids is 3. The van der Waals surface area contributed by atoms with Gasteiger partial charge in [0.2, 0.25) is 11.8 Å². The molecule has 0 spiro atoms. The van der Waals surface area contributed by atoms with Crippen molar-refractivity contribution in [3.63, 3.8) is 0 Å². The predicted molar refractivity (Wildman–Crippen MR) is 208 cm³/mol. The van der Waals surface area contributed by atoms with Crippen molar-refractivity contribution in [3.05, 3.63) is 150 Å². The number of cyclic esters (lactones) is 1. The van der Waals surface area contributed by atoms with E-state index < -0.39 is 24.1 Å². The van der Waals surface area contributed by atoms with Crippen molar-refractivity contribution >= 4 is 17.8 Å². The molecule has 0 radical (unpaired) electrons. The van der Waals surface area contributed by atoms with Crippen molar-refractivity contribution in [2.75, 3.05) is 20.3 Å². The molecule has 1 aliphatic rings. The second-order valence-electron chi connectivity index (χ2n) is 13.8. The molecular formula is C45H52N2O7. The number of aliphatic hydroxyl groups excluding tert-OH is 1. The van der Waals surface area contributed by atoms with Gasteiger partial charge in [-0.05, 0) is 72.9 Å². The van der Waals surface area contributed by atoms with Crippen molar-refractivity contribution in [1.82, 2.24) is 10.6 Å². The summed E-state index contributed by atoms with van der Waals surface area (Å²) in [5.74, 6) is -1.37. The van der Waals surface area contributed by atoms with Crippen LogP contribution in [0, 0.1) is 11.8 Å². The van der Waals surface area contributed by atoms with Gasteiger partial charge in [0, 0.05) is 13.5 Å². The number of aliphatic hydroxyl groups is 1. The molecule has 5 atom stereocenters. The number of allylic oxidation sites excluding steroid dienone is 2. The number of amides is 2. The number of rotatable bonds is 14. The Morgan fingerprint density at radius 2 is 1.52 bits per heavy atom. The lowest BCUT2D eigenvalue weighted by Crippen LogP contribution is -2.47. The highest BCUT2D eigenvalue weighted by molar-refractivity contribution is 5.86. The third kappa shape index (κ3) is 12.7. The number of carbonyl (C=O) groups is 3. The van der Waals surface area contributed by atoms with Gasteiger partial charge in [-0.25, -0.2) is 0 Å². The van der Waals surface area contributed by atoms with Crippen LogP contribution in [0.3, 0.4) is 0 Å². The quantitative estimate of drug-likeness (QED) is 0.0975. The molecule has 0 aromatic heterocycles. The molecule has 5 rings (SSSR count). The summed E-state index contributed by atoms with van der Waals surface area (Å²) in [7, 11) is 1.54. The SMILES string of the molecule is COCC1NC(=O)C(CC(=O)NC(CO)Cc2ccc(OCc3ccccc3)cc2)CC=CCCCC(Cc2ccccc2)C(=O)OC1c1ccccc1. The Hall–Kier alpha value is -5.25. The largest absolute Gasteiger partial charge is 0.489 e. The summed E-state index contributed by atoms with van der Waals surface area (Å²) >= 11 is 0. The van der Waals surface area contributed by atoms with Gasteiger partial charge in [0.05, 0.1) is 37.1 Å². The highest BCUT2D eigenvalue weighted by atomic mass is 16.5. The minimum atomic E-state index is -0.817. The van der Waals surface area contributed by atoms with Crippen LogP contribution < -0.4 is 15.4 Å². The molecular weight excluding hydrogens is 681 g/mol. The zero-order valence-electron chi connectivity index (χ0n) is 31.0. The van der Waals surface area contributed by atoms with E-state index in [2.05, 4.69) is 10.6 Å². The molecule has 0 fully saturated rings. The Balaban J connectivity index is 1.26. The average Bonchev–Trinajstić information content (AvgIpc) is 3.20. The number of nitrogens with one attached hydrogen (secondary N) is 2. The minimum absolute atomic E-state index is 0.0827. The van der Waals surface area contributed by atoms with Gasteiger partial charge in [0.15, 0.2) is 0 Å². The Bertz CT molecular complexity index is 1750. The monoisotopic (exact) mass is 732 g/mol. The van der Waals surface area contributed by atoms with E-state index in [1.54, 1.807) is 0 Å². The topological polar surface area (TPSA) is 123 Å². The maximum absolute atomic E-state index is 14.0. The van der Waals surface area contributed by atoms with E-state index in [1.807, 2.05) is 127 Å². The van der Waals surface area contributed by atoms with Crippen molar-refractivity contribution in [2.45, 2.75) is 69.7 Å². The number of benzene rings is 4. The van der Waals surface area contributed by atoms with E-state index in [-0.39, 0.29) is 43.3 Å². The molecule has 284 valence electrons. The molecule has 9 heteroatoms. The number of methoxy groups -OCH3 is 1. The lowest BCUT2D eigenvalue weighted by atomic mass is 9.92. The number of ether oxygens (including phenoxy) is 3. The molecule has 4 aromatic rings. The van der Waals surface area contributed by atoms with Gasteiger partial charge in [-0.3, -0.25) is 14.4 Å². The first kappa shape index (κ1) is 39.9. The first-order valence-electron chi connectivity index (χ1n) is 18.8. The minimum Gasteiger partial charge on any atom is -0.489 e. The van der Waals surface area contributed by atoms with Gasteiger partial charge in [-0.15, -0.1) is 0 Å². The molecule has 5 unspecified atom stereocenters. The molecule has 54 heavy (non-hydrogen) atoms. The van der Waals surface area contributed by atoms with E-state index >= 15 is 0 Å². The highest BCUT2D eigenvalue weighted by Gasteiger charge is 2.33.